The maximum atomic E-state index is 13.3. The molecule has 196 valence electrons. The Morgan fingerprint density at radius 1 is 0.892 bits per heavy atom. The first-order valence-electron chi connectivity index (χ1n) is 12.6. The molecule has 0 spiro atoms. The van der Waals surface area contributed by atoms with Gasteiger partial charge in [0.1, 0.15) is 11.5 Å². The smallest absolute Gasteiger partial charge is 0.251 e. The lowest BCUT2D eigenvalue weighted by atomic mass is 9.86. The van der Waals surface area contributed by atoms with Crippen molar-refractivity contribution in [3.8, 4) is 23.0 Å². The van der Waals surface area contributed by atoms with E-state index in [2.05, 4.69) is 41.4 Å². The standard InChI is InChI=1S/C30H36N2O5/c1-6-26(31-30(33)21-9-13-24(35-3)14-10-21)29-25-18-28(37-5)27(36-4)17-22(25)15-16-32(29)19-20-7-11-23(34-2)12-8-20/h7-14,17-18,26,29H,6,15-16,19H2,1-5H3,(H,31,33). The van der Waals surface area contributed by atoms with E-state index in [1.54, 1.807) is 52.7 Å². The molecule has 7 nitrogen and oxygen atoms in total. The molecular weight excluding hydrogens is 468 g/mol. The Hall–Kier alpha value is -3.71. The third-order valence-corrected chi connectivity index (χ3v) is 7.06. The number of amides is 1. The number of carbonyl (C=O) groups excluding carboxylic acids is 1. The Balaban J connectivity index is 1.69. The highest BCUT2D eigenvalue weighted by atomic mass is 16.5. The minimum absolute atomic E-state index is 0.0437. The van der Waals surface area contributed by atoms with E-state index in [9.17, 15) is 4.79 Å². The molecule has 3 aromatic rings. The molecule has 7 heteroatoms. The average Bonchev–Trinajstić information content (AvgIpc) is 2.95. The van der Waals surface area contributed by atoms with Gasteiger partial charge in [-0.25, -0.2) is 0 Å². The van der Waals surface area contributed by atoms with E-state index in [0.29, 0.717) is 11.3 Å². The molecule has 1 aliphatic rings. The largest absolute Gasteiger partial charge is 0.497 e. The number of fused-ring (bicyclic) bond motifs is 1. The number of hydrogen-bond acceptors (Lipinski definition) is 6. The lowest BCUT2D eigenvalue weighted by Crippen LogP contribution is -2.48. The SMILES string of the molecule is CCC(NC(=O)c1ccc(OC)cc1)C1c2cc(OC)c(OC)cc2CCN1Cc1ccc(OC)cc1. The Morgan fingerprint density at radius 2 is 1.49 bits per heavy atom. The predicted octanol–water partition coefficient (Wildman–Crippen LogP) is 5.03. The Kier molecular flexibility index (Phi) is 8.56. The van der Waals surface area contributed by atoms with Crippen molar-refractivity contribution in [2.75, 3.05) is 35.0 Å². The minimum Gasteiger partial charge on any atom is -0.497 e. The van der Waals surface area contributed by atoms with Gasteiger partial charge in [-0.05, 0) is 78.1 Å². The lowest BCUT2D eigenvalue weighted by molar-refractivity contribution is 0.0859. The highest BCUT2D eigenvalue weighted by Gasteiger charge is 2.35. The van der Waals surface area contributed by atoms with E-state index in [1.807, 2.05) is 12.1 Å². The maximum absolute atomic E-state index is 13.3. The summed E-state index contributed by atoms with van der Waals surface area (Å²) in [5, 5.41) is 3.32. The second kappa shape index (κ2) is 12.0. The van der Waals surface area contributed by atoms with Crippen LogP contribution in [0.2, 0.25) is 0 Å². The van der Waals surface area contributed by atoms with Gasteiger partial charge in [0.25, 0.3) is 5.91 Å². The van der Waals surface area contributed by atoms with Crippen LogP contribution in [-0.4, -0.2) is 51.8 Å². The molecule has 0 saturated heterocycles. The van der Waals surface area contributed by atoms with Crippen LogP contribution in [0.25, 0.3) is 0 Å². The summed E-state index contributed by atoms with van der Waals surface area (Å²) in [6.07, 6.45) is 1.64. The zero-order chi connectivity index (χ0) is 26.4. The topological polar surface area (TPSA) is 69.3 Å². The molecule has 2 atom stereocenters. The van der Waals surface area contributed by atoms with Gasteiger partial charge < -0.3 is 24.3 Å². The van der Waals surface area contributed by atoms with Crippen molar-refractivity contribution in [1.29, 1.82) is 0 Å². The van der Waals surface area contributed by atoms with Crippen LogP contribution >= 0.6 is 0 Å². The fourth-order valence-corrected chi connectivity index (χ4v) is 5.04. The molecule has 0 bridgehead atoms. The van der Waals surface area contributed by atoms with Gasteiger partial charge in [0.2, 0.25) is 0 Å². The Morgan fingerprint density at radius 3 is 2.05 bits per heavy atom. The third-order valence-electron chi connectivity index (χ3n) is 7.06. The zero-order valence-corrected chi connectivity index (χ0v) is 22.2. The molecule has 1 amide bonds. The van der Waals surface area contributed by atoms with E-state index in [4.69, 9.17) is 18.9 Å². The summed E-state index contributed by atoms with van der Waals surface area (Å²) in [7, 11) is 6.60. The Bertz CT molecular complexity index is 1190. The van der Waals surface area contributed by atoms with Crippen molar-refractivity contribution in [3.63, 3.8) is 0 Å². The van der Waals surface area contributed by atoms with E-state index < -0.39 is 0 Å². The van der Waals surface area contributed by atoms with Gasteiger partial charge in [0.15, 0.2) is 11.5 Å². The molecule has 1 aliphatic heterocycles. The van der Waals surface area contributed by atoms with Crippen LogP contribution in [0, 0.1) is 0 Å². The van der Waals surface area contributed by atoms with Crippen LogP contribution in [0.3, 0.4) is 0 Å². The molecule has 0 radical (unpaired) electrons. The first-order valence-corrected chi connectivity index (χ1v) is 12.6. The van der Waals surface area contributed by atoms with Gasteiger partial charge in [-0.3, -0.25) is 9.69 Å². The van der Waals surface area contributed by atoms with Crippen LogP contribution < -0.4 is 24.3 Å². The van der Waals surface area contributed by atoms with Crippen molar-refractivity contribution in [3.05, 3.63) is 82.9 Å². The summed E-state index contributed by atoms with van der Waals surface area (Å²) in [6, 6.07) is 19.3. The molecule has 0 saturated carbocycles. The molecular formula is C30H36N2O5. The second-order valence-corrected chi connectivity index (χ2v) is 9.14. The normalized spacial score (nSPS) is 15.9. The third kappa shape index (κ3) is 5.83. The quantitative estimate of drug-likeness (QED) is 0.418. The Labute approximate surface area is 219 Å². The number of methoxy groups -OCH3 is 4. The molecule has 0 fully saturated rings. The summed E-state index contributed by atoms with van der Waals surface area (Å²) in [5.41, 5.74) is 4.15. The van der Waals surface area contributed by atoms with E-state index in [-0.39, 0.29) is 18.0 Å². The highest BCUT2D eigenvalue weighted by molar-refractivity contribution is 5.94. The summed E-state index contributed by atoms with van der Waals surface area (Å²) < 4.78 is 21.8. The van der Waals surface area contributed by atoms with Crippen molar-refractivity contribution in [1.82, 2.24) is 10.2 Å². The monoisotopic (exact) mass is 504 g/mol. The highest BCUT2D eigenvalue weighted by Crippen LogP contribution is 2.40. The molecule has 2 unspecified atom stereocenters. The van der Waals surface area contributed by atoms with Gasteiger partial charge in [-0.15, -0.1) is 0 Å². The van der Waals surface area contributed by atoms with Gasteiger partial charge in [0, 0.05) is 24.7 Å². The van der Waals surface area contributed by atoms with E-state index in [1.165, 1.54) is 11.1 Å². The molecule has 0 aromatic heterocycles. The molecule has 3 aromatic carbocycles. The maximum Gasteiger partial charge on any atom is 0.251 e. The van der Waals surface area contributed by atoms with Crippen LogP contribution in [-0.2, 0) is 13.0 Å². The fourth-order valence-electron chi connectivity index (χ4n) is 5.04. The second-order valence-electron chi connectivity index (χ2n) is 9.14. The van der Waals surface area contributed by atoms with Crippen LogP contribution in [0.5, 0.6) is 23.0 Å². The number of nitrogens with one attached hydrogen (secondary N) is 1. The summed E-state index contributed by atoms with van der Waals surface area (Å²) in [6.45, 7) is 3.71. The van der Waals surface area contributed by atoms with Gasteiger partial charge in [-0.2, -0.15) is 0 Å². The first kappa shape index (κ1) is 26.4. The summed E-state index contributed by atoms with van der Waals surface area (Å²) >= 11 is 0. The minimum atomic E-state index is -0.120. The van der Waals surface area contributed by atoms with Crippen molar-refractivity contribution in [2.24, 2.45) is 0 Å². The molecule has 1 heterocycles. The number of ether oxygens (including phenoxy) is 4. The van der Waals surface area contributed by atoms with Crippen LogP contribution in [0.15, 0.2) is 60.7 Å². The molecule has 1 N–H and O–H groups in total. The van der Waals surface area contributed by atoms with Crippen LogP contribution in [0.1, 0.15) is 46.4 Å². The lowest BCUT2D eigenvalue weighted by Gasteiger charge is -2.42. The predicted molar refractivity (Wildman–Crippen MR) is 144 cm³/mol. The fraction of sp³-hybridized carbons (Fsp3) is 0.367. The number of carbonyl (C=O) groups is 1. The summed E-state index contributed by atoms with van der Waals surface area (Å²) in [5.74, 6) is 2.86. The number of hydrogen-bond donors (Lipinski definition) is 1. The van der Waals surface area contributed by atoms with Crippen LogP contribution in [0.4, 0.5) is 0 Å². The van der Waals surface area contributed by atoms with E-state index >= 15 is 0 Å². The van der Waals surface area contributed by atoms with Gasteiger partial charge in [-0.1, -0.05) is 19.1 Å². The molecule has 4 rings (SSSR count). The number of nitrogens with zero attached hydrogens (tertiary/aromatic N) is 1. The van der Waals surface area contributed by atoms with Crippen molar-refractivity contribution < 1.29 is 23.7 Å². The van der Waals surface area contributed by atoms with Gasteiger partial charge in [0.05, 0.1) is 34.5 Å². The number of benzene rings is 3. The zero-order valence-electron chi connectivity index (χ0n) is 22.2. The van der Waals surface area contributed by atoms with Crippen molar-refractivity contribution in [2.45, 2.75) is 38.4 Å². The first-order chi connectivity index (χ1) is 18.0. The molecule has 0 aliphatic carbocycles. The summed E-state index contributed by atoms with van der Waals surface area (Å²) in [4.78, 5) is 15.7. The average molecular weight is 505 g/mol. The van der Waals surface area contributed by atoms with Gasteiger partial charge >= 0.3 is 0 Å². The van der Waals surface area contributed by atoms with E-state index in [0.717, 1.165) is 48.7 Å². The molecule has 37 heavy (non-hydrogen) atoms. The van der Waals surface area contributed by atoms with Crippen molar-refractivity contribution >= 4 is 5.91 Å². The number of rotatable bonds is 10.